The third kappa shape index (κ3) is 3.41. The van der Waals surface area contributed by atoms with Crippen molar-refractivity contribution in [3.63, 3.8) is 0 Å². The fourth-order valence-corrected chi connectivity index (χ4v) is 2.50. The molecule has 1 aliphatic rings. The summed E-state index contributed by atoms with van der Waals surface area (Å²) < 4.78 is 26.2. The van der Waals surface area contributed by atoms with Gasteiger partial charge >= 0.3 is 0 Å². The monoisotopic (exact) mass is 233 g/mol. The topological polar surface area (TPSA) is 3.24 Å². The molecule has 1 saturated heterocycles. The van der Waals surface area contributed by atoms with E-state index in [9.17, 15) is 8.78 Å². The van der Waals surface area contributed by atoms with E-state index in [2.05, 4.69) is 34.6 Å². The van der Waals surface area contributed by atoms with Gasteiger partial charge in [-0.05, 0) is 31.6 Å². The van der Waals surface area contributed by atoms with E-state index in [-0.39, 0.29) is 17.5 Å². The van der Waals surface area contributed by atoms with Crippen LogP contribution in [0.25, 0.3) is 0 Å². The second-order valence-corrected chi connectivity index (χ2v) is 7.03. The summed E-state index contributed by atoms with van der Waals surface area (Å²) >= 11 is 0. The molecule has 16 heavy (non-hydrogen) atoms. The summed E-state index contributed by atoms with van der Waals surface area (Å²) in [6.45, 7) is 12.4. The number of likely N-dealkylation sites (tertiary alicyclic amines) is 1. The summed E-state index contributed by atoms with van der Waals surface area (Å²) in [5.41, 5.74) is 0.104. The van der Waals surface area contributed by atoms with Crippen LogP contribution in [0.4, 0.5) is 8.78 Å². The molecule has 0 spiro atoms. The summed E-state index contributed by atoms with van der Waals surface area (Å²) in [4.78, 5) is 1.95. The van der Waals surface area contributed by atoms with Crippen LogP contribution < -0.4 is 0 Å². The van der Waals surface area contributed by atoms with Gasteiger partial charge < -0.3 is 0 Å². The molecule has 1 nitrogen and oxygen atoms in total. The summed E-state index contributed by atoms with van der Waals surface area (Å²) in [5.74, 6) is -2.09. The van der Waals surface area contributed by atoms with E-state index >= 15 is 0 Å². The van der Waals surface area contributed by atoms with Gasteiger partial charge in [0.05, 0.1) is 6.54 Å². The first-order chi connectivity index (χ1) is 6.92. The zero-order valence-corrected chi connectivity index (χ0v) is 11.4. The van der Waals surface area contributed by atoms with Crippen molar-refractivity contribution in [3.8, 4) is 0 Å². The Morgan fingerprint density at radius 2 is 1.69 bits per heavy atom. The zero-order chi connectivity index (χ0) is 12.8. The molecular formula is C13H25F2N. The van der Waals surface area contributed by atoms with Gasteiger partial charge in [-0.15, -0.1) is 0 Å². The predicted molar refractivity (Wildman–Crippen MR) is 63.8 cm³/mol. The highest BCUT2D eigenvalue weighted by atomic mass is 19.3. The molecule has 0 aromatic carbocycles. The number of hydrogen-bond acceptors (Lipinski definition) is 1. The summed E-state index contributed by atoms with van der Waals surface area (Å²) in [5, 5.41) is 0. The molecule has 0 amide bonds. The first-order valence-corrected chi connectivity index (χ1v) is 6.05. The molecule has 1 fully saturated rings. The first kappa shape index (κ1) is 13.9. The highest BCUT2D eigenvalue weighted by Gasteiger charge is 2.45. The number of rotatable bonds is 2. The van der Waals surface area contributed by atoms with Crippen LogP contribution in [-0.4, -0.2) is 29.5 Å². The molecule has 0 N–H and O–H groups in total. The van der Waals surface area contributed by atoms with Gasteiger partial charge in [0.2, 0.25) is 0 Å². The molecule has 1 rings (SSSR count). The Labute approximate surface area is 98.2 Å². The average Bonchev–Trinajstić information content (AvgIpc) is 2.22. The highest BCUT2D eigenvalue weighted by Crippen LogP contribution is 2.42. The second-order valence-electron chi connectivity index (χ2n) is 7.03. The Morgan fingerprint density at radius 3 is 2.00 bits per heavy atom. The zero-order valence-electron chi connectivity index (χ0n) is 11.4. The molecule has 0 aromatic rings. The number of halogens is 2. The van der Waals surface area contributed by atoms with Crippen LogP contribution in [0.3, 0.4) is 0 Å². The Hall–Kier alpha value is -0.180. The maximum atomic E-state index is 13.1. The van der Waals surface area contributed by atoms with Crippen molar-refractivity contribution in [2.45, 2.75) is 59.4 Å². The van der Waals surface area contributed by atoms with Gasteiger partial charge in [0.25, 0.3) is 5.92 Å². The van der Waals surface area contributed by atoms with Crippen molar-refractivity contribution in [1.29, 1.82) is 0 Å². The van der Waals surface area contributed by atoms with Crippen LogP contribution in [0.2, 0.25) is 0 Å². The average molecular weight is 233 g/mol. The smallest absolute Gasteiger partial charge is 0.257 e. The fraction of sp³-hybridized carbons (Fsp3) is 1.00. The number of alkyl halides is 2. The lowest BCUT2D eigenvalue weighted by atomic mass is 9.78. The van der Waals surface area contributed by atoms with E-state index < -0.39 is 5.92 Å². The van der Waals surface area contributed by atoms with Crippen molar-refractivity contribution in [3.05, 3.63) is 0 Å². The number of nitrogens with zero attached hydrogens (tertiary/aromatic N) is 1. The van der Waals surface area contributed by atoms with E-state index in [1.807, 2.05) is 4.90 Å². The largest absolute Gasteiger partial charge is 0.292 e. The van der Waals surface area contributed by atoms with Crippen molar-refractivity contribution < 1.29 is 8.78 Å². The predicted octanol–water partition coefficient (Wildman–Crippen LogP) is 3.79. The molecule has 96 valence electrons. The summed E-state index contributed by atoms with van der Waals surface area (Å²) in [6.07, 6.45) is 1.01. The molecule has 1 heterocycles. The molecule has 0 aliphatic carbocycles. The van der Waals surface area contributed by atoms with Gasteiger partial charge in [-0.25, -0.2) is 8.78 Å². The van der Waals surface area contributed by atoms with Crippen LogP contribution in [-0.2, 0) is 0 Å². The molecule has 1 aliphatic heterocycles. The second kappa shape index (κ2) is 3.94. The normalized spacial score (nSPS) is 27.4. The van der Waals surface area contributed by atoms with Crippen molar-refractivity contribution in [2.75, 3.05) is 13.1 Å². The Balaban J connectivity index is 2.74. The fourth-order valence-electron chi connectivity index (χ4n) is 2.50. The third-order valence-electron chi connectivity index (χ3n) is 3.74. The van der Waals surface area contributed by atoms with Gasteiger partial charge in [0, 0.05) is 19.0 Å². The van der Waals surface area contributed by atoms with E-state index in [1.165, 1.54) is 0 Å². The minimum atomic E-state index is -2.59. The molecule has 1 atom stereocenters. The summed E-state index contributed by atoms with van der Waals surface area (Å²) in [6, 6.07) is 0. The van der Waals surface area contributed by atoms with E-state index in [0.29, 0.717) is 5.92 Å². The van der Waals surface area contributed by atoms with E-state index in [0.717, 1.165) is 19.9 Å². The molecule has 0 saturated carbocycles. The van der Waals surface area contributed by atoms with Crippen molar-refractivity contribution in [1.82, 2.24) is 4.90 Å². The van der Waals surface area contributed by atoms with E-state index in [1.54, 1.807) is 0 Å². The van der Waals surface area contributed by atoms with Gasteiger partial charge in [0.1, 0.15) is 0 Å². The quantitative estimate of drug-likeness (QED) is 0.701. The molecule has 3 heteroatoms. The van der Waals surface area contributed by atoms with E-state index in [4.69, 9.17) is 0 Å². The van der Waals surface area contributed by atoms with Crippen LogP contribution in [0.1, 0.15) is 48.0 Å². The molecule has 0 aromatic heterocycles. The lowest BCUT2D eigenvalue weighted by Crippen LogP contribution is -2.44. The highest BCUT2D eigenvalue weighted by molar-refractivity contribution is 4.97. The maximum absolute atomic E-state index is 13.1. The van der Waals surface area contributed by atoms with Gasteiger partial charge in [0.15, 0.2) is 0 Å². The minimum Gasteiger partial charge on any atom is -0.292 e. The third-order valence-corrected chi connectivity index (χ3v) is 3.74. The van der Waals surface area contributed by atoms with Crippen molar-refractivity contribution in [2.24, 2.45) is 11.3 Å². The van der Waals surface area contributed by atoms with Crippen molar-refractivity contribution >= 4 is 0 Å². The Kier molecular flexibility index (Phi) is 3.41. The first-order valence-electron chi connectivity index (χ1n) is 6.05. The number of hydrogen-bond donors (Lipinski definition) is 0. The lowest BCUT2D eigenvalue weighted by molar-refractivity contribution is -0.0306. The van der Waals surface area contributed by atoms with Crippen LogP contribution in [0, 0.1) is 11.3 Å². The van der Waals surface area contributed by atoms with Crippen LogP contribution >= 0.6 is 0 Å². The van der Waals surface area contributed by atoms with Gasteiger partial charge in [-0.2, -0.15) is 0 Å². The lowest BCUT2D eigenvalue weighted by Gasteiger charge is -2.33. The Bertz CT molecular complexity index is 248. The Morgan fingerprint density at radius 1 is 1.19 bits per heavy atom. The summed E-state index contributed by atoms with van der Waals surface area (Å²) in [7, 11) is 0. The van der Waals surface area contributed by atoms with Crippen LogP contribution in [0.5, 0.6) is 0 Å². The maximum Gasteiger partial charge on any atom is 0.257 e. The molecule has 1 unspecified atom stereocenters. The molecule has 0 bridgehead atoms. The standard InChI is InChI=1S/C13H25F2N/c1-11(2,3)10-7-12(4,5)16(8-10)9-13(6,14)15/h10H,7-9H2,1-6H3. The van der Waals surface area contributed by atoms with Crippen LogP contribution in [0.15, 0.2) is 0 Å². The minimum absolute atomic E-state index is 0.0998. The molecular weight excluding hydrogens is 208 g/mol. The van der Waals surface area contributed by atoms with Gasteiger partial charge in [-0.1, -0.05) is 20.8 Å². The SMILES string of the molecule is CC(F)(F)CN1CC(C(C)(C)C)CC1(C)C. The molecule has 0 radical (unpaired) electrons. The van der Waals surface area contributed by atoms with Gasteiger partial charge in [-0.3, -0.25) is 4.90 Å².